The van der Waals surface area contributed by atoms with Gasteiger partial charge in [0.25, 0.3) is 0 Å². The minimum absolute atomic E-state index is 0.0489. The summed E-state index contributed by atoms with van der Waals surface area (Å²) in [4.78, 5) is 14.0. The maximum absolute atomic E-state index is 12.8. The molecule has 1 fully saturated rings. The van der Waals surface area contributed by atoms with Crippen molar-refractivity contribution in [1.82, 2.24) is 0 Å². The Morgan fingerprint density at radius 3 is 2.29 bits per heavy atom. The van der Waals surface area contributed by atoms with Crippen molar-refractivity contribution in [2.75, 3.05) is 31.3 Å². The highest BCUT2D eigenvalue weighted by Crippen LogP contribution is 2.32. The molecule has 0 aliphatic carbocycles. The number of anilines is 1. The van der Waals surface area contributed by atoms with Gasteiger partial charge in [0.2, 0.25) is 0 Å². The van der Waals surface area contributed by atoms with Crippen molar-refractivity contribution in [3.8, 4) is 5.75 Å². The van der Waals surface area contributed by atoms with Gasteiger partial charge in [-0.25, -0.2) is 4.79 Å². The third-order valence-corrected chi connectivity index (χ3v) is 5.08. The third-order valence-electron chi connectivity index (χ3n) is 5.08. The second kappa shape index (κ2) is 10.0. The molecule has 1 heterocycles. The number of nitrogens with zero attached hydrogens (tertiary/aromatic N) is 1. The van der Waals surface area contributed by atoms with E-state index in [4.69, 9.17) is 14.2 Å². The summed E-state index contributed by atoms with van der Waals surface area (Å²) < 4.78 is 54.9. The average molecular weight is 437 g/mol. The van der Waals surface area contributed by atoms with E-state index in [2.05, 4.69) is 4.90 Å². The van der Waals surface area contributed by atoms with E-state index in [-0.39, 0.29) is 18.1 Å². The van der Waals surface area contributed by atoms with Crippen LogP contribution < -0.4 is 9.64 Å². The summed E-state index contributed by atoms with van der Waals surface area (Å²) in [6.07, 6.45) is -3.91. The monoisotopic (exact) mass is 437 g/mol. The Morgan fingerprint density at radius 2 is 1.71 bits per heavy atom. The third kappa shape index (κ3) is 5.91. The van der Waals surface area contributed by atoms with E-state index in [1.165, 1.54) is 12.1 Å². The highest BCUT2D eigenvalue weighted by Gasteiger charge is 2.34. The topological polar surface area (TPSA) is 48.0 Å². The molecule has 0 unspecified atom stereocenters. The zero-order valence-corrected chi connectivity index (χ0v) is 17.5. The fraction of sp³-hybridized carbons (Fsp3) is 0.435. The van der Waals surface area contributed by atoms with E-state index in [1.54, 1.807) is 19.1 Å². The summed E-state index contributed by atoms with van der Waals surface area (Å²) in [7, 11) is 0. The van der Waals surface area contributed by atoms with Crippen LogP contribution in [0.25, 0.3) is 0 Å². The van der Waals surface area contributed by atoms with E-state index >= 15 is 0 Å². The molecule has 0 N–H and O–H groups in total. The molecule has 0 saturated carbocycles. The molecule has 2 aromatic carbocycles. The fourth-order valence-corrected chi connectivity index (χ4v) is 3.61. The number of carbonyl (C=O) groups excluding carboxylic acids is 1. The van der Waals surface area contributed by atoms with Crippen LogP contribution >= 0.6 is 0 Å². The molecule has 1 aliphatic heterocycles. The fourth-order valence-electron chi connectivity index (χ4n) is 3.61. The number of hydrogen-bond acceptors (Lipinski definition) is 5. The van der Waals surface area contributed by atoms with E-state index in [0.29, 0.717) is 44.1 Å². The second-order valence-corrected chi connectivity index (χ2v) is 7.23. The molecule has 0 aromatic heterocycles. The maximum atomic E-state index is 12.8. The Morgan fingerprint density at radius 1 is 1.03 bits per heavy atom. The van der Waals surface area contributed by atoms with Crippen LogP contribution in [-0.4, -0.2) is 44.5 Å². The Balaban J connectivity index is 1.70. The summed E-state index contributed by atoms with van der Waals surface area (Å²) in [5.41, 5.74) is 0.684. The number of alkyl halides is 3. The van der Waals surface area contributed by atoms with Gasteiger partial charge in [0.15, 0.2) is 0 Å². The van der Waals surface area contributed by atoms with Crippen molar-refractivity contribution >= 4 is 11.7 Å². The molecule has 0 bridgehead atoms. The minimum atomic E-state index is -4.37. The minimum Gasteiger partial charge on any atom is -0.489 e. The molecule has 5 nitrogen and oxygen atoms in total. The van der Waals surface area contributed by atoms with Crippen LogP contribution in [0, 0.1) is 0 Å². The molecule has 8 heteroatoms. The average Bonchev–Trinajstić information content (AvgIpc) is 3.14. The lowest BCUT2D eigenvalue weighted by molar-refractivity contribution is -0.137. The summed E-state index contributed by atoms with van der Waals surface area (Å²) in [5.74, 6) is 0.0255. The highest BCUT2D eigenvalue weighted by molar-refractivity contribution is 5.89. The van der Waals surface area contributed by atoms with Gasteiger partial charge in [0.05, 0.1) is 36.9 Å². The van der Waals surface area contributed by atoms with Crippen molar-refractivity contribution in [2.45, 2.75) is 38.6 Å². The molecule has 0 spiro atoms. The maximum Gasteiger partial charge on any atom is 0.416 e. The van der Waals surface area contributed by atoms with E-state index < -0.39 is 11.7 Å². The normalized spacial score (nSPS) is 18.8. The Bertz CT molecular complexity index is 853. The first-order valence-corrected chi connectivity index (χ1v) is 10.3. The molecule has 168 valence electrons. The number of carbonyl (C=O) groups is 1. The van der Waals surface area contributed by atoms with Crippen molar-refractivity contribution < 1.29 is 32.2 Å². The lowest BCUT2D eigenvalue weighted by Crippen LogP contribution is -2.33. The van der Waals surface area contributed by atoms with E-state index in [1.807, 2.05) is 19.1 Å². The molecule has 2 atom stereocenters. The molecule has 1 aliphatic rings. The number of esters is 1. The van der Waals surface area contributed by atoms with Gasteiger partial charge < -0.3 is 19.1 Å². The Kier molecular flexibility index (Phi) is 7.43. The molecule has 0 amide bonds. The smallest absolute Gasteiger partial charge is 0.416 e. The number of halogens is 3. The Labute approximate surface area is 179 Å². The molecule has 2 aromatic rings. The SMILES string of the molecule is CCOC[C@@H]1C[C@@H](Oc2ccc(C(F)(F)F)cc2)CN1c1ccc(C(=O)OCC)cc1. The molecule has 31 heavy (non-hydrogen) atoms. The first-order valence-electron chi connectivity index (χ1n) is 10.3. The van der Waals surface area contributed by atoms with E-state index in [9.17, 15) is 18.0 Å². The van der Waals surface area contributed by atoms with Crippen molar-refractivity contribution in [1.29, 1.82) is 0 Å². The summed E-state index contributed by atoms with van der Waals surface area (Å²) in [5, 5.41) is 0. The zero-order valence-electron chi connectivity index (χ0n) is 17.5. The molecular weight excluding hydrogens is 411 g/mol. The second-order valence-electron chi connectivity index (χ2n) is 7.23. The van der Waals surface area contributed by atoms with Crippen LogP contribution in [0.4, 0.5) is 18.9 Å². The standard InChI is InChI=1S/C23H26F3NO4/c1-3-29-15-19-13-21(31-20-11-7-17(8-12-20)23(24,25)26)14-27(19)18-9-5-16(6-10-18)22(28)30-4-2/h5-12,19,21H,3-4,13-15H2,1-2H3/t19-,21+/m0/s1. The van der Waals surface area contributed by atoms with Crippen molar-refractivity contribution in [2.24, 2.45) is 0 Å². The number of rotatable bonds is 8. The Hall–Kier alpha value is -2.74. The largest absolute Gasteiger partial charge is 0.489 e. The summed E-state index contributed by atoms with van der Waals surface area (Å²) in [6.45, 7) is 5.62. The van der Waals surface area contributed by atoms with Gasteiger partial charge in [-0.2, -0.15) is 13.2 Å². The van der Waals surface area contributed by atoms with Gasteiger partial charge in [-0.1, -0.05) is 0 Å². The number of ether oxygens (including phenoxy) is 3. The number of hydrogen-bond donors (Lipinski definition) is 0. The lowest BCUT2D eigenvalue weighted by Gasteiger charge is -2.26. The first kappa shape index (κ1) is 22.9. The molecule has 3 rings (SSSR count). The van der Waals surface area contributed by atoms with Crippen molar-refractivity contribution in [3.63, 3.8) is 0 Å². The van der Waals surface area contributed by atoms with Crippen LogP contribution in [0.3, 0.4) is 0 Å². The quantitative estimate of drug-likeness (QED) is 0.547. The zero-order chi connectivity index (χ0) is 22.4. The first-order chi connectivity index (χ1) is 14.8. The summed E-state index contributed by atoms with van der Waals surface area (Å²) in [6, 6.07) is 11.9. The van der Waals surface area contributed by atoms with Crippen LogP contribution in [-0.2, 0) is 15.7 Å². The van der Waals surface area contributed by atoms with Crippen molar-refractivity contribution in [3.05, 3.63) is 59.7 Å². The highest BCUT2D eigenvalue weighted by atomic mass is 19.4. The summed E-state index contributed by atoms with van der Waals surface area (Å²) >= 11 is 0. The van der Waals surface area contributed by atoms with Gasteiger partial charge >= 0.3 is 12.1 Å². The van der Waals surface area contributed by atoms with Crippen LogP contribution in [0.15, 0.2) is 48.5 Å². The molecule has 0 radical (unpaired) electrons. The predicted molar refractivity (Wildman–Crippen MR) is 111 cm³/mol. The lowest BCUT2D eigenvalue weighted by atomic mass is 10.1. The van der Waals surface area contributed by atoms with Crippen LogP contribution in [0.1, 0.15) is 36.2 Å². The van der Waals surface area contributed by atoms with Gasteiger partial charge in [-0.3, -0.25) is 0 Å². The predicted octanol–water partition coefficient (Wildman–Crippen LogP) is 4.94. The number of benzene rings is 2. The molecule has 1 saturated heterocycles. The van der Waals surface area contributed by atoms with Gasteiger partial charge in [0.1, 0.15) is 11.9 Å². The van der Waals surface area contributed by atoms with Gasteiger partial charge in [0, 0.05) is 18.7 Å². The van der Waals surface area contributed by atoms with Crippen LogP contribution in [0.2, 0.25) is 0 Å². The van der Waals surface area contributed by atoms with E-state index in [0.717, 1.165) is 17.8 Å². The van der Waals surface area contributed by atoms with Gasteiger partial charge in [-0.15, -0.1) is 0 Å². The van der Waals surface area contributed by atoms with Gasteiger partial charge in [-0.05, 0) is 62.4 Å². The van der Waals surface area contributed by atoms with Crippen LogP contribution in [0.5, 0.6) is 5.75 Å². The molecular formula is C23H26F3NO4.